The summed E-state index contributed by atoms with van der Waals surface area (Å²) >= 11 is 6.65. The molecule has 0 unspecified atom stereocenters. The van der Waals surface area contributed by atoms with Gasteiger partial charge >= 0.3 is 0 Å². The first-order valence-electron chi connectivity index (χ1n) is 10.8. The molecule has 0 bridgehead atoms. The Kier molecular flexibility index (Phi) is 8.89. The van der Waals surface area contributed by atoms with Crippen molar-refractivity contribution < 1.29 is 28.8 Å². The number of aryl methyl sites for hydroxylation is 1. The molecule has 0 saturated carbocycles. The van der Waals surface area contributed by atoms with Crippen LogP contribution in [0.2, 0.25) is 0 Å². The number of methoxy groups -OCH3 is 1. The van der Waals surface area contributed by atoms with Gasteiger partial charge in [-0.25, -0.2) is 0 Å². The van der Waals surface area contributed by atoms with Crippen LogP contribution in [0.4, 0.5) is 0 Å². The molecule has 0 radical (unpaired) electrons. The van der Waals surface area contributed by atoms with Crippen LogP contribution in [0.25, 0.3) is 22.3 Å². The van der Waals surface area contributed by atoms with Gasteiger partial charge in [-0.05, 0) is 51.0 Å². The van der Waals surface area contributed by atoms with Crippen LogP contribution in [-0.2, 0) is 6.42 Å². The summed E-state index contributed by atoms with van der Waals surface area (Å²) in [4.78, 5) is 13.6. The minimum absolute atomic E-state index is 0.00924. The van der Waals surface area contributed by atoms with Crippen molar-refractivity contribution >= 4 is 42.8 Å². The quantitative estimate of drug-likeness (QED) is 0.284. The lowest BCUT2D eigenvalue weighted by Crippen LogP contribution is -2.20. The summed E-state index contributed by atoms with van der Waals surface area (Å²) in [6.45, 7) is 4.00. The van der Waals surface area contributed by atoms with Crippen molar-refractivity contribution in [3.8, 4) is 34.3 Å². The van der Waals surface area contributed by atoms with E-state index in [0.29, 0.717) is 52.7 Å². The third-order valence-corrected chi connectivity index (χ3v) is 5.81. The van der Waals surface area contributed by atoms with Crippen LogP contribution in [0, 0.1) is 0 Å². The number of halogens is 2. The van der Waals surface area contributed by atoms with E-state index in [9.17, 15) is 15.0 Å². The maximum Gasteiger partial charge on any atom is 0.239 e. The Hall–Kier alpha value is -2.23. The second-order valence-electron chi connectivity index (χ2n) is 8.28. The zero-order valence-corrected chi connectivity index (χ0v) is 22.5. The van der Waals surface area contributed by atoms with E-state index in [1.807, 2.05) is 0 Å². The second kappa shape index (κ2) is 11.5. The first-order valence-corrected chi connectivity index (χ1v) is 13.0. The Labute approximate surface area is 214 Å². The van der Waals surface area contributed by atoms with Gasteiger partial charge in [0.1, 0.15) is 28.2 Å². The SMILES string of the molecule is COc1ccc(-c2oc3c(CCC(C)(C)O)c(OCCBr)cc(O)c3c(=O)c2OCCBr)cc1. The van der Waals surface area contributed by atoms with E-state index in [-0.39, 0.29) is 34.8 Å². The lowest BCUT2D eigenvalue weighted by Gasteiger charge is -2.20. The monoisotopic (exact) mass is 598 g/mol. The number of hydrogen-bond acceptors (Lipinski definition) is 7. The highest BCUT2D eigenvalue weighted by Crippen LogP contribution is 2.40. The van der Waals surface area contributed by atoms with Crippen molar-refractivity contribution in [2.24, 2.45) is 0 Å². The molecule has 3 rings (SSSR count). The van der Waals surface area contributed by atoms with E-state index in [2.05, 4.69) is 31.9 Å². The fraction of sp³-hybridized carbons (Fsp3) is 0.400. The van der Waals surface area contributed by atoms with Gasteiger partial charge in [-0.15, -0.1) is 0 Å². The first-order chi connectivity index (χ1) is 16.2. The van der Waals surface area contributed by atoms with Crippen LogP contribution < -0.4 is 19.6 Å². The molecule has 184 valence electrons. The molecular formula is C25H28Br2O7. The van der Waals surface area contributed by atoms with Crippen LogP contribution in [-0.4, -0.2) is 46.8 Å². The van der Waals surface area contributed by atoms with Gasteiger partial charge in [0.05, 0.1) is 25.9 Å². The predicted octanol–water partition coefficient (Wildman–Crippen LogP) is 5.43. The Balaban J connectivity index is 2.33. The summed E-state index contributed by atoms with van der Waals surface area (Å²) in [5.41, 5.74) is -0.0219. The number of ether oxygens (including phenoxy) is 3. The summed E-state index contributed by atoms with van der Waals surface area (Å²) in [5, 5.41) is 22.2. The molecule has 0 saturated heterocycles. The fourth-order valence-electron chi connectivity index (χ4n) is 3.51. The molecule has 1 aromatic heterocycles. The zero-order valence-electron chi connectivity index (χ0n) is 19.3. The summed E-state index contributed by atoms with van der Waals surface area (Å²) in [6, 6.07) is 8.48. The molecule has 0 fully saturated rings. The number of rotatable bonds is 11. The van der Waals surface area contributed by atoms with E-state index in [0.717, 1.165) is 0 Å². The van der Waals surface area contributed by atoms with E-state index in [4.69, 9.17) is 18.6 Å². The fourth-order valence-corrected chi connectivity index (χ4v) is 3.83. The van der Waals surface area contributed by atoms with E-state index < -0.39 is 11.0 Å². The molecule has 0 aliphatic heterocycles. The lowest BCUT2D eigenvalue weighted by atomic mass is 9.96. The first kappa shape index (κ1) is 26.4. The Morgan fingerprint density at radius 3 is 2.29 bits per heavy atom. The van der Waals surface area contributed by atoms with Crippen LogP contribution in [0.3, 0.4) is 0 Å². The molecule has 0 spiro atoms. The maximum atomic E-state index is 13.6. The number of hydrogen-bond donors (Lipinski definition) is 2. The van der Waals surface area contributed by atoms with E-state index in [1.165, 1.54) is 6.07 Å². The van der Waals surface area contributed by atoms with Gasteiger partial charge in [-0.3, -0.25) is 4.79 Å². The molecule has 0 aliphatic carbocycles. The number of alkyl halides is 2. The summed E-state index contributed by atoms with van der Waals surface area (Å²) in [6.07, 6.45) is 0.755. The Morgan fingerprint density at radius 2 is 1.71 bits per heavy atom. The standard InChI is InChI=1S/C25H28Br2O7/c1-25(2,30)9-8-17-19(32-12-10-26)14-18(28)20-21(29)24(33-13-11-27)22(34-23(17)20)15-4-6-16(31-3)7-5-15/h4-7,14,28,30H,8-13H2,1-3H3. The number of benzene rings is 2. The third-order valence-electron chi connectivity index (χ3n) is 5.16. The molecule has 34 heavy (non-hydrogen) atoms. The molecule has 0 aliphatic rings. The summed E-state index contributed by atoms with van der Waals surface area (Å²) in [5.74, 6) is 1.04. The number of aliphatic hydroxyl groups is 1. The highest BCUT2D eigenvalue weighted by Gasteiger charge is 2.26. The van der Waals surface area contributed by atoms with Crippen molar-refractivity contribution in [2.75, 3.05) is 31.0 Å². The smallest absolute Gasteiger partial charge is 0.239 e. The molecule has 0 atom stereocenters. The normalized spacial score (nSPS) is 11.6. The number of aromatic hydroxyl groups is 1. The number of phenols is 1. The average molecular weight is 600 g/mol. The Bertz CT molecular complexity index is 1180. The average Bonchev–Trinajstić information content (AvgIpc) is 2.80. The topological polar surface area (TPSA) is 98.4 Å². The van der Waals surface area contributed by atoms with Crippen molar-refractivity contribution in [1.29, 1.82) is 0 Å². The number of fused-ring (bicyclic) bond motifs is 1. The summed E-state index contributed by atoms with van der Waals surface area (Å²) < 4.78 is 23.2. The highest BCUT2D eigenvalue weighted by molar-refractivity contribution is 9.09. The maximum absolute atomic E-state index is 13.6. The van der Waals surface area contributed by atoms with Crippen LogP contribution in [0.1, 0.15) is 25.8 Å². The summed E-state index contributed by atoms with van der Waals surface area (Å²) in [7, 11) is 1.57. The third kappa shape index (κ3) is 6.06. The highest BCUT2D eigenvalue weighted by atomic mass is 79.9. The molecule has 0 amide bonds. The molecule has 7 nitrogen and oxygen atoms in total. The van der Waals surface area contributed by atoms with Crippen LogP contribution in [0.5, 0.6) is 23.0 Å². The van der Waals surface area contributed by atoms with E-state index in [1.54, 1.807) is 45.2 Å². The van der Waals surface area contributed by atoms with E-state index >= 15 is 0 Å². The van der Waals surface area contributed by atoms with Crippen molar-refractivity contribution in [2.45, 2.75) is 32.3 Å². The van der Waals surface area contributed by atoms with Gasteiger partial charge in [0.25, 0.3) is 0 Å². The molecule has 1 heterocycles. The van der Waals surface area contributed by atoms with Crippen molar-refractivity contribution in [1.82, 2.24) is 0 Å². The molecule has 9 heteroatoms. The molecule has 2 aromatic carbocycles. The van der Waals surface area contributed by atoms with Gasteiger partial charge in [-0.2, -0.15) is 0 Å². The van der Waals surface area contributed by atoms with Gasteiger partial charge in [0, 0.05) is 27.9 Å². The molecule has 2 N–H and O–H groups in total. The number of phenolic OH excluding ortho intramolecular Hbond substituents is 1. The van der Waals surface area contributed by atoms with Crippen molar-refractivity contribution in [3.63, 3.8) is 0 Å². The minimum Gasteiger partial charge on any atom is -0.507 e. The second-order valence-corrected chi connectivity index (χ2v) is 9.87. The van der Waals surface area contributed by atoms with Gasteiger partial charge in [-0.1, -0.05) is 31.9 Å². The van der Waals surface area contributed by atoms with Crippen molar-refractivity contribution in [3.05, 3.63) is 46.1 Å². The van der Waals surface area contributed by atoms with Crippen LogP contribution >= 0.6 is 31.9 Å². The minimum atomic E-state index is -0.949. The zero-order chi connectivity index (χ0) is 24.9. The largest absolute Gasteiger partial charge is 0.507 e. The van der Waals surface area contributed by atoms with Gasteiger partial charge in [0.2, 0.25) is 11.2 Å². The Morgan fingerprint density at radius 1 is 1.06 bits per heavy atom. The predicted molar refractivity (Wildman–Crippen MR) is 139 cm³/mol. The molecule has 3 aromatic rings. The molecular weight excluding hydrogens is 572 g/mol. The van der Waals surface area contributed by atoms with Gasteiger partial charge < -0.3 is 28.8 Å². The lowest BCUT2D eigenvalue weighted by molar-refractivity contribution is 0.0712. The van der Waals surface area contributed by atoms with Gasteiger partial charge in [0.15, 0.2) is 5.76 Å². The van der Waals surface area contributed by atoms with Crippen LogP contribution in [0.15, 0.2) is 39.5 Å².